The van der Waals surface area contributed by atoms with E-state index >= 15 is 0 Å². The van der Waals surface area contributed by atoms with Gasteiger partial charge in [0.05, 0.1) is 50.7 Å². The molecule has 0 saturated carbocycles. The van der Waals surface area contributed by atoms with Crippen molar-refractivity contribution < 1.29 is 33.2 Å². The first kappa shape index (κ1) is 33.4. The van der Waals surface area contributed by atoms with E-state index in [0.29, 0.717) is 46.6 Å². The van der Waals surface area contributed by atoms with E-state index in [1.807, 2.05) is 36.4 Å². The van der Waals surface area contributed by atoms with E-state index in [9.17, 15) is 9.59 Å². The molecule has 1 aliphatic heterocycles. The molecule has 9 heteroatoms. The maximum atomic E-state index is 12.8. The molecule has 0 spiro atoms. The van der Waals surface area contributed by atoms with E-state index in [0.717, 1.165) is 64.2 Å². The molecule has 5 rings (SSSR count). The van der Waals surface area contributed by atoms with Crippen molar-refractivity contribution in [1.29, 1.82) is 0 Å². The highest BCUT2D eigenvalue weighted by atomic mass is 16.6. The number of fused-ring (bicyclic) bond motifs is 2. The Morgan fingerprint density at radius 1 is 0.848 bits per heavy atom. The number of hydrogen-bond donors (Lipinski definition) is 3. The van der Waals surface area contributed by atoms with Crippen LogP contribution in [0.5, 0.6) is 11.5 Å². The lowest BCUT2D eigenvalue weighted by molar-refractivity contribution is -0.908. The molecule has 3 N–H and O–H groups in total. The van der Waals surface area contributed by atoms with Crippen molar-refractivity contribution in [3.8, 4) is 11.5 Å². The third kappa shape index (κ3) is 10.3. The summed E-state index contributed by atoms with van der Waals surface area (Å²) in [5, 5.41) is 4.02. The van der Waals surface area contributed by atoms with Crippen LogP contribution in [-0.2, 0) is 11.3 Å². The summed E-state index contributed by atoms with van der Waals surface area (Å²) in [6.07, 6.45) is 7.59. The van der Waals surface area contributed by atoms with Gasteiger partial charge in [0.25, 0.3) is 0 Å². The molecule has 4 aromatic rings. The standard InChI is InChI=1S/C37H47N3O6/c1-39(19-11-23-44-30-16-17-33-35(27-30)46-34-15-7-6-14-32(34)36(33)41)28-29-12-10-13-31(26-29)45-37(42)38-18-8-4-2-3-5-9-20-40-21-24-43-25-22-40/h6-7,10,12-17,26-27H,2-5,8-9,11,18-25,28H2,1H3,(H,38,42)/p+2. The van der Waals surface area contributed by atoms with Gasteiger partial charge in [-0.3, -0.25) is 4.79 Å². The van der Waals surface area contributed by atoms with Gasteiger partial charge in [0.15, 0.2) is 0 Å². The molecule has 1 saturated heterocycles. The maximum absolute atomic E-state index is 12.8. The lowest BCUT2D eigenvalue weighted by Gasteiger charge is -2.23. The Morgan fingerprint density at radius 2 is 1.63 bits per heavy atom. The third-order valence-electron chi connectivity index (χ3n) is 8.61. The summed E-state index contributed by atoms with van der Waals surface area (Å²) in [6, 6.07) is 20.4. The Hall–Kier alpha value is -3.92. The largest absolute Gasteiger partial charge is 0.493 e. The van der Waals surface area contributed by atoms with Crippen LogP contribution in [0.2, 0.25) is 0 Å². The second kappa shape index (κ2) is 17.7. The minimum absolute atomic E-state index is 0.0312. The molecule has 2 heterocycles. The SMILES string of the molecule is C[NH+](CCCOc1ccc2c(=O)c3ccccc3oc2c1)Cc1cccc(OC(=O)NCCCCCCCC[NH+]2CCOCC2)c1. The zero-order valence-electron chi connectivity index (χ0n) is 27.1. The molecule has 1 fully saturated rings. The van der Waals surface area contributed by atoms with Crippen molar-refractivity contribution in [3.05, 3.63) is 82.5 Å². The molecular weight excluding hydrogens is 582 g/mol. The average molecular weight is 632 g/mol. The molecule has 3 aromatic carbocycles. The number of carbonyl (C=O) groups excluding carboxylic acids is 1. The van der Waals surface area contributed by atoms with Crippen LogP contribution in [0, 0.1) is 0 Å². The van der Waals surface area contributed by atoms with E-state index in [2.05, 4.69) is 18.4 Å². The first-order chi connectivity index (χ1) is 22.5. The molecule has 1 unspecified atom stereocenters. The van der Waals surface area contributed by atoms with Crippen molar-refractivity contribution in [2.45, 2.75) is 51.5 Å². The van der Waals surface area contributed by atoms with Gasteiger partial charge >= 0.3 is 6.09 Å². The van der Waals surface area contributed by atoms with Gasteiger partial charge in [0.2, 0.25) is 5.43 Å². The van der Waals surface area contributed by atoms with Crippen LogP contribution in [0.25, 0.3) is 21.9 Å². The van der Waals surface area contributed by atoms with Crippen LogP contribution >= 0.6 is 0 Å². The molecule has 1 atom stereocenters. The van der Waals surface area contributed by atoms with Crippen molar-refractivity contribution in [1.82, 2.24) is 5.32 Å². The highest BCUT2D eigenvalue weighted by Crippen LogP contribution is 2.23. The second-order valence-corrected chi connectivity index (χ2v) is 12.4. The monoisotopic (exact) mass is 631 g/mol. The molecule has 1 amide bonds. The quantitative estimate of drug-likeness (QED) is 0.121. The maximum Gasteiger partial charge on any atom is 0.412 e. The fourth-order valence-electron chi connectivity index (χ4n) is 6.04. The summed E-state index contributed by atoms with van der Waals surface area (Å²) in [7, 11) is 2.14. The van der Waals surface area contributed by atoms with Gasteiger partial charge in [-0.05, 0) is 55.7 Å². The van der Waals surface area contributed by atoms with Crippen LogP contribution in [0.1, 0.15) is 50.5 Å². The van der Waals surface area contributed by atoms with E-state index < -0.39 is 6.09 Å². The number of ether oxygens (including phenoxy) is 3. The lowest BCUT2D eigenvalue weighted by atomic mass is 10.1. The second-order valence-electron chi connectivity index (χ2n) is 12.4. The smallest absolute Gasteiger partial charge is 0.412 e. The average Bonchev–Trinajstić information content (AvgIpc) is 3.06. The van der Waals surface area contributed by atoms with Gasteiger partial charge in [0, 0.05) is 24.6 Å². The van der Waals surface area contributed by atoms with E-state index in [1.54, 1.807) is 29.2 Å². The van der Waals surface area contributed by atoms with E-state index in [-0.39, 0.29) is 5.43 Å². The van der Waals surface area contributed by atoms with Crippen LogP contribution in [0.4, 0.5) is 4.79 Å². The van der Waals surface area contributed by atoms with Crippen molar-refractivity contribution in [3.63, 3.8) is 0 Å². The Balaban J connectivity index is 0.939. The molecule has 9 nitrogen and oxygen atoms in total. The van der Waals surface area contributed by atoms with E-state index in [1.165, 1.54) is 37.1 Å². The summed E-state index contributed by atoms with van der Waals surface area (Å²) in [6.45, 7) is 8.28. The Kier molecular flexibility index (Phi) is 12.9. The molecule has 1 aliphatic rings. The highest BCUT2D eigenvalue weighted by molar-refractivity contribution is 5.90. The van der Waals surface area contributed by atoms with Gasteiger partial charge in [-0.1, -0.05) is 43.5 Å². The fourth-order valence-corrected chi connectivity index (χ4v) is 6.04. The number of morpholine rings is 1. The number of rotatable bonds is 17. The van der Waals surface area contributed by atoms with Gasteiger partial charge < -0.3 is 33.7 Å². The first-order valence-electron chi connectivity index (χ1n) is 16.9. The van der Waals surface area contributed by atoms with Gasteiger partial charge in [-0.2, -0.15) is 0 Å². The molecule has 0 radical (unpaired) electrons. The number of carbonyl (C=O) groups is 1. The van der Waals surface area contributed by atoms with Crippen LogP contribution < -0.4 is 30.0 Å². The minimum atomic E-state index is -0.398. The molecule has 1 aromatic heterocycles. The summed E-state index contributed by atoms with van der Waals surface area (Å²) >= 11 is 0. The number of amides is 1. The summed E-state index contributed by atoms with van der Waals surface area (Å²) in [4.78, 5) is 28.1. The van der Waals surface area contributed by atoms with Gasteiger partial charge in [0.1, 0.15) is 42.3 Å². The topological polar surface area (TPSA) is 95.9 Å². The zero-order valence-corrected chi connectivity index (χ0v) is 27.1. The highest BCUT2D eigenvalue weighted by Gasteiger charge is 2.13. The van der Waals surface area contributed by atoms with E-state index in [4.69, 9.17) is 18.6 Å². The first-order valence-corrected chi connectivity index (χ1v) is 16.9. The third-order valence-corrected chi connectivity index (χ3v) is 8.61. The molecule has 46 heavy (non-hydrogen) atoms. The van der Waals surface area contributed by atoms with Crippen LogP contribution in [-0.4, -0.2) is 65.7 Å². The zero-order chi connectivity index (χ0) is 32.0. The minimum Gasteiger partial charge on any atom is -0.493 e. The summed E-state index contributed by atoms with van der Waals surface area (Å²) in [5.41, 5.74) is 2.18. The predicted molar refractivity (Wildman–Crippen MR) is 180 cm³/mol. The van der Waals surface area contributed by atoms with Crippen LogP contribution in [0.3, 0.4) is 0 Å². The van der Waals surface area contributed by atoms with Crippen LogP contribution in [0.15, 0.2) is 75.9 Å². The predicted octanol–water partition coefficient (Wildman–Crippen LogP) is 3.77. The normalized spacial score (nSPS) is 14.4. The van der Waals surface area contributed by atoms with Crippen molar-refractivity contribution in [2.24, 2.45) is 0 Å². The Labute approximate surface area is 271 Å². The lowest BCUT2D eigenvalue weighted by Crippen LogP contribution is -3.14. The fraction of sp³-hybridized carbons (Fsp3) is 0.459. The summed E-state index contributed by atoms with van der Waals surface area (Å²) in [5.74, 6) is 1.24. The van der Waals surface area contributed by atoms with Crippen molar-refractivity contribution in [2.75, 3.05) is 59.6 Å². The Bertz CT molecular complexity index is 1600. The number of nitrogens with one attached hydrogen (secondary N) is 3. The van der Waals surface area contributed by atoms with Gasteiger partial charge in [-0.25, -0.2) is 4.79 Å². The molecule has 0 bridgehead atoms. The molecule has 0 aliphatic carbocycles. The van der Waals surface area contributed by atoms with Gasteiger partial charge in [-0.15, -0.1) is 0 Å². The molecule has 246 valence electrons. The molecular formula is C37H49N3O6+2. The number of hydrogen-bond acceptors (Lipinski definition) is 6. The number of para-hydroxylation sites is 1. The Morgan fingerprint density at radius 3 is 2.50 bits per heavy atom. The number of quaternary nitrogens is 2. The van der Waals surface area contributed by atoms with Crippen molar-refractivity contribution >= 4 is 28.0 Å². The summed E-state index contributed by atoms with van der Waals surface area (Å²) < 4.78 is 22.9. The number of unbranched alkanes of at least 4 members (excludes halogenated alkanes) is 5. The number of benzene rings is 3.